The molecule has 104 valence electrons. The average Bonchev–Trinajstić information content (AvgIpc) is 2.43. The first-order chi connectivity index (χ1) is 9.12. The molecule has 0 aliphatic rings. The molecule has 0 saturated carbocycles. The molecule has 0 N–H and O–H groups in total. The minimum absolute atomic E-state index is 0.00820. The van der Waals surface area contributed by atoms with Crippen LogP contribution in [0.1, 0.15) is 18.1 Å². The Morgan fingerprint density at radius 3 is 2.79 bits per heavy atom. The van der Waals surface area contributed by atoms with E-state index in [0.29, 0.717) is 13.1 Å². The van der Waals surface area contributed by atoms with Gasteiger partial charge in [-0.15, -0.1) is 11.6 Å². The first-order valence-electron chi connectivity index (χ1n) is 6.20. The van der Waals surface area contributed by atoms with Crippen molar-refractivity contribution in [2.75, 3.05) is 19.5 Å². The van der Waals surface area contributed by atoms with Crippen molar-refractivity contribution in [3.8, 4) is 5.75 Å². The third kappa shape index (κ3) is 4.60. The fraction of sp³-hybridized carbons (Fsp3) is 0.400. The van der Waals surface area contributed by atoms with E-state index in [2.05, 4.69) is 0 Å². The molecule has 0 spiro atoms. The van der Waals surface area contributed by atoms with E-state index in [1.54, 1.807) is 12.0 Å². The zero-order chi connectivity index (χ0) is 14.3. The Morgan fingerprint density at radius 1 is 1.47 bits per heavy atom. The Morgan fingerprint density at radius 2 is 2.21 bits per heavy atom. The van der Waals surface area contributed by atoms with E-state index in [4.69, 9.17) is 16.3 Å². The number of carbonyl (C=O) groups is 1. The van der Waals surface area contributed by atoms with Crippen molar-refractivity contribution in [1.29, 1.82) is 0 Å². The van der Waals surface area contributed by atoms with Gasteiger partial charge in [0.2, 0.25) is 5.91 Å². The fourth-order valence-electron chi connectivity index (χ4n) is 1.76. The quantitative estimate of drug-likeness (QED) is 0.592. The normalized spacial score (nSPS) is 10.7. The summed E-state index contributed by atoms with van der Waals surface area (Å²) in [5, 5.41) is 0. The van der Waals surface area contributed by atoms with Gasteiger partial charge in [-0.1, -0.05) is 24.3 Å². The van der Waals surface area contributed by atoms with Crippen LogP contribution >= 0.6 is 11.6 Å². The highest BCUT2D eigenvalue weighted by Gasteiger charge is 2.14. The van der Waals surface area contributed by atoms with Crippen molar-refractivity contribution >= 4 is 17.5 Å². The predicted octanol–water partition coefficient (Wildman–Crippen LogP) is 3.15. The van der Waals surface area contributed by atoms with Crippen molar-refractivity contribution in [2.45, 2.75) is 20.4 Å². The lowest BCUT2D eigenvalue weighted by Crippen LogP contribution is -2.31. The van der Waals surface area contributed by atoms with Gasteiger partial charge in [-0.3, -0.25) is 4.79 Å². The molecular weight excluding hydrogens is 262 g/mol. The summed E-state index contributed by atoms with van der Waals surface area (Å²) in [6.07, 6.45) is 3.85. The molecule has 0 aliphatic heterocycles. The zero-order valence-corrected chi connectivity index (χ0v) is 12.4. The lowest BCUT2D eigenvalue weighted by molar-refractivity contribution is -0.128. The summed E-state index contributed by atoms with van der Waals surface area (Å²) in [5.41, 5.74) is 2.11. The van der Waals surface area contributed by atoms with Crippen LogP contribution in [-0.2, 0) is 11.3 Å². The van der Waals surface area contributed by atoms with Crippen LogP contribution in [-0.4, -0.2) is 30.3 Å². The molecule has 0 unspecified atom stereocenters. The van der Waals surface area contributed by atoms with E-state index in [-0.39, 0.29) is 11.8 Å². The highest BCUT2D eigenvalue weighted by molar-refractivity contribution is 6.27. The number of methoxy groups -OCH3 is 1. The van der Waals surface area contributed by atoms with Crippen LogP contribution in [0.5, 0.6) is 5.75 Å². The Labute approximate surface area is 119 Å². The second kappa shape index (κ2) is 7.85. The number of nitrogens with zero attached hydrogens (tertiary/aromatic N) is 1. The predicted molar refractivity (Wildman–Crippen MR) is 78.7 cm³/mol. The Kier molecular flexibility index (Phi) is 6.43. The molecule has 19 heavy (non-hydrogen) atoms. The van der Waals surface area contributed by atoms with Gasteiger partial charge >= 0.3 is 0 Å². The third-order valence-corrected chi connectivity index (χ3v) is 3.06. The van der Waals surface area contributed by atoms with Crippen LogP contribution in [0.2, 0.25) is 0 Å². The monoisotopic (exact) mass is 281 g/mol. The van der Waals surface area contributed by atoms with E-state index < -0.39 is 0 Å². The van der Waals surface area contributed by atoms with Gasteiger partial charge in [-0.2, -0.15) is 0 Å². The summed E-state index contributed by atoms with van der Waals surface area (Å²) in [5.74, 6) is 0.710. The Hall–Kier alpha value is -1.48. The summed E-state index contributed by atoms with van der Waals surface area (Å²) in [7, 11) is 1.64. The Bertz CT molecular complexity index is 457. The maximum atomic E-state index is 11.8. The topological polar surface area (TPSA) is 29.5 Å². The van der Waals surface area contributed by atoms with Crippen LogP contribution < -0.4 is 4.74 Å². The summed E-state index contributed by atoms with van der Waals surface area (Å²) in [4.78, 5) is 13.5. The molecule has 1 amide bonds. The van der Waals surface area contributed by atoms with Gasteiger partial charge in [-0.25, -0.2) is 0 Å². The molecule has 0 heterocycles. The average molecular weight is 282 g/mol. The molecule has 0 saturated heterocycles. The molecule has 4 heteroatoms. The number of hydrogen-bond donors (Lipinski definition) is 0. The van der Waals surface area contributed by atoms with E-state index in [1.807, 2.05) is 44.2 Å². The van der Waals surface area contributed by atoms with Crippen molar-refractivity contribution in [3.63, 3.8) is 0 Å². The standard InChI is InChI=1S/C15H20ClNO2/c1-4-5-8-17(15(18)10-16)11-13-7-6-12(2)9-14(13)19-3/h4-7,9H,8,10-11H2,1-3H3/b5-4+. The Balaban J connectivity index is 2.92. The van der Waals surface area contributed by atoms with E-state index >= 15 is 0 Å². The van der Waals surface area contributed by atoms with Gasteiger partial charge in [0.25, 0.3) is 0 Å². The van der Waals surface area contributed by atoms with Crippen molar-refractivity contribution in [2.24, 2.45) is 0 Å². The van der Waals surface area contributed by atoms with Crippen molar-refractivity contribution in [1.82, 2.24) is 4.90 Å². The maximum absolute atomic E-state index is 11.8. The van der Waals surface area contributed by atoms with Gasteiger partial charge in [0.1, 0.15) is 11.6 Å². The summed E-state index contributed by atoms with van der Waals surface area (Å²) < 4.78 is 5.36. The number of rotatable bonds is 6. The smallest absolute Gasteiger partial charge is 0.238 e. The van der Waals surface area contributed by atoms with Gasteiger partial charge in [0.05, 0.1) is 7.11 Å². The number of aryl methyl sites for hydroxylation is 1. The number of amides is 1. The van der Waals surface area contributed by atoms with Crippen molar-refractivity contribution in [3.05, 3.63) is 41.5 Å². The highest BCUT2D eigenvalue weighted by Crippen LogP contribution is 2.21. The molecule has 1 aromatic rings. The molecule has 3 nitrogen and oxygen atoms in total. The molecular formula is C15H20ClNO2. The number of carbonyl (C=O) groups excluding carboxylic acids is 1. The molecule has 0 bridgehead atoms. The lowest BCUT2D eigenvalue weighted by atomic mass is 10.1. The van der Waals surface area contributed by atoms with E-state index in [0.717, 1.165) is 16.9 Å². The number of ether oxygens (including phenoxy) is 1. The zero-order valence-electron chi connectivity index (χ0n) is 11.6. The van der Waals surface area contributed by atoms with Crippen LogP contribution in [0.3, 0.4) is 0 Å². The molecule has 0 aromatic heterocycles. The fourth-order valence-corrected chi connectivity index (χ4v) is 1.93. The second-order valence-electron chi connectivity index (χ2n) is 4.29. The number of halogens is 1. The van der Waals surface area contributed by atoms with Crippen LogP contribution in [0.4, 0.5) is 0 Å². The van der Waals surface area contributed by atoms with E-state index in [9.17, 15) is 4.79 Å². The summed E-state index contributed by atoms with van der Waals surface area (Å²) in [6.45, 7) is 4.99. The largest absolute Gasteiger partial charge is 0.496 e. The molecule has 0 aliphatic carbocycles. The van der Waals surface area contributed by atoms with E-state index in [1.165, 1.54) is 0 Å². The molecule has 0 fully saturated rings. The minimum Gasteiger partial charge on any atom is -0.496 e. The van der Waals surface area contributed by atoms with Gasteiger partial charge in [0.15, 0.2) is 0 Å². The molecule has 1 rings (SSSR count). The minimum atomic E-state index is -0.0811. The van der Waals surface area contributed by atoms with Gasteiger partial charge < -0.3 is 9.64 Å². The van der Waals surface area contributed by atoms with Gasteiger partial charge in [-0.05, 0) is 25.5 Å². The first kappa shape index (κ1) is 15.6. The summed E-state index contributed by atoms with van der Waals surface area (Å²) >= 11 is 5.64. The van der Waals surface area contributed by atoms with Crippen molar-refractivity contribution < 1.29 is 9.53 Å². The maximum Gasteiger partial charge on any atom is 0.238 e. The van der Waals surface area contributed by atoms with Crippen LogP contribution in [0.15, 0.2) is 30.4 Å². The molecule has 0 radical (unpaired) electrons. The first-order valence-corrected chi connectivity index (χ1v) is 6.74. The number of benzene rings is 1. The molecule has 1 aromatic carbocycles. The number of allylic oxidation sites excluding steroid dienone is 1. The summed E-state index contributed by atoms with van der Waals surface area (Å²) in [6, 6.07) is 5.96. The SMILES string of the molecule is C/C=C/CN(Cc1ccc(C)cc1OC)C(=O)CCl. The third-order valence-electron chi connectivity index (χ3n) is 2.83. The highest BCUT2D eigenvalue weighted by atomic mass is 35.5. The number of hydrogen-bond acceptors (Lipinski definition) is 2. The van der Waals surface area contributed by atoms with Gasteiger partial charge in [0, 0.05) is 18.7 Å². The lowest BCUT2D eigenvalue weighted by Gasteiger charge is -2.21. The number of alkyl halides is 1. The molecule has 0 atom stereocenters. The van der Waals surface area contributed by atoms with Crippen LogP contribution in [0, 0.1) is 6.92 Å². The second-order valence-corrected chi connectivity index (χ2v) is 4.56. The van der Waals surface area contributed by atoms with Crippen LogP contribution in [0.25, 0.3) is 0 Å².